The van der Waals surface area contributed by atoms with Crippen molar-refractivity contribution in [1.29, 1.82) is 0 Å². The monoisotopic (exact) mass is 395 g/mol. The lowest BCUT2D eigenvalue weighted by molar-refractivity contribution is 0.601. The molecule has 3 nitrogen and oxygen atoms in total. The Balaban J connectivity index is 2.25. The van der Waals surface area contributed by atoms with Gasteiger partial charge in [0.05, 0.1) is 10.6 Å². The number of anilines is 1. The number of halogens is 1. The van der Waals surface area contributed by atoms with Gasteiger partial charge in [-0.25, -0.2) is 8.42 Å². The van der Waals surface area contributed by atoms with Gasteiger partial charge in [-0.15, -0.1) is 0 Å². The van der Waals surface area contributed by atoms with Crippen LogP contribution in [-0.2, 0) is 22.9 Å². The molecule has 0 amide bonds. The van der Waals surface area contributed by atoms with E-state index in [1.807, 2.05) is 31.2 Å². The average molecular weight is 396 g/mol. The van der Waals surface area contributed by atoms with Gasteiger partial charge < -0.3 is 0 Å². The van der Waals surface area contributed by atoms with E-state index in [9.17, 15) is 8.42 Å². The summed E-state index contributed by atoms with van der Waals surface area (Å²) in [5.41, 5.74) is 2.73. The lowest BCUT2D eigenvalue weighted by atomic mass is 10.0. The van der Waals surface area contributed by atoms with Crippen molar-refractivity contribution in [2.75, 3.05) is 4.72 Å². The molecule has 2 rings (SSSR count). The Morgan fingerprint density at radius 2 is 1.74 bits per heavy atom. The van der Waals surface area contributed by atoms with Crippen molar-refractivity contribution in [3.8, 4) is 0 Å². The molecule has 2 aromatic carbocycles. The van der Waals surface area contributed by atoms with Crippen LogP contribution in [0.25, 0.3) is 0 Å². The Hall–Kier alpha value is -1.33. The zero-order valence-electron chi connectivity index (χ0n) is 13.6. The first-order valence-corrected chi connectivity index (χ1v) is 9.99. The van der Waals surface area contributed by atoms with E-state index in [0.717, 1.165) is 28.4 Å². The molecule has 2 aromatic rings. The zero-order chi connectivity index (χ0) is 17.0. The lowest BCUT2D eigenvalue weighted by Crippen LogP contribution is -2.14. The van der Waals surface area contributed by atoms with Crippen LogP contribution in [0.3, 0.4) is 0 Å². The number of rotatable bonds is 6. The SMILES string of the molecule is CCc1cc(Br)ccc1NS(=O)(=O)c1ccc(CC(C)C)cc1. The smallest absolute Gasteiger partial charge is 0.261 e. The highest BCUT2D eigenvalue weighted by atomic mass is 79.9. The van der Waals surface area contributed by atoms with Crippen LogP contribution in [0.2, 0.25) is 0 Å². The van der Waals surface area contributed by atoms with E-state index in [1.165, 1.54) is 0 Å². The molecule has 1 N–H and O–H groups in total. The number of sulfonamides is 1. The van der Waals surface area contributed by atoms with Crippen LogP contribution < -0.4 is 4.72 Å². The third-order valence-corrected chi connectivity index (χ3v) is 5.44. The van der Waals surface area contributed by atoms with E-state index in [0.29, 0.717) is 11.6 Å². The van der Waals surface area contributed by atoms with Crippen LogP contribution in [0.1, 0.15) is 31.9 Å². The summed E-state index contributed by atoms with van der Waals surface area (Å²) in [6, 6.07) is 12.7. The Labute approximate surface area is 147 Å². The van der Waals surface area contributed by atoms with Crippen LogP contribution >= 0.6 is 15.9 Å². The molecular weight excluding hydrogens is 374 g/mol. The fourth-order valence-corrected chi connectivity index (χ4v) is 3.94. The Morgan fingerprint density at radius 3 is 2.30 bits per heavy atom. The fourth-order valence-electron chi connectivity index (χ4n) is 2.43. The van der Waals surface area contributed by atoms with Crippen LogP contribution in [0, 0.1) is 5.92 Å². The summed E-state index contributed by atoms with van der Waals surface area (Å²) in [5.74, 6) is 0.547. The molecule has 0 radical (unpaired) electrons. The minimum absolute atomic E-state index is 0.287. The molecule has 0 aliphatic carbocycles. The molecule has 0 unspecified atom stereocenters. The second-order valence-electron chi connectivity index (χ2n) is 6.00. The lowest BCUT2D eigenvalue weighted by Gasteiger charge is -2.13. The van der Waals surface area contributed by atoms with E-state index < -0.39 is 10.0 Å². The van der Waals surface area contributed by atoms with Crippen LogP contribution in [0.15, 0.2) is 51.8 Å². The van der Waals surface area contributed by atoms with Crippen molar-refractivity contribution in [3.05, 3.63) is 58.1 Å². The molecule has 0 saturated carbocycles. The quantitative estimate of drug-likeness (QED) is 0.746. The molecule has 0 heterocycles. The maximum Gasteiger partial charge on any atom is 0.261 e. The number of hydrogen-bond donors (Lipinski definition) is 1. The third kappa shape index (κ3) is 4.82. The van der Waals surface area contributed by atoms with Gasteiger partial charge in [0.15, 0.2) is 0 Å². The van der Waals surface area contributed by atoms with Crippen molar-refractivity contribution in [1.82, 2.24) is 0 Å². The molecule has 0 aliphatic heterocycles. The topological polar surface area (TPSA) is 46.2 Å². The predicted octanol–water partition coefficient (Wildman–Crippen LogP) is 5.01. The van der Waals surface area contributed by atoms with Crippen molar-refractivity contribution in [2.45, 2.75) is 38.5 Å². The first-order chi connectivity index (χ1) is 10.8. The second-order valence-corrected chi connectivity index (χ2v) is 8.60. The van der Waals surface area contributed by atoms with Crippen LogP contribution in [0.4, 0.5) is 5.69 Å². The maximum absolute atomic E-state index is 12.6. The highest BCUT2D eigenvalue weighted by molar-refractivity contribution is 9.10. The zero-order valence-corrected chi connectivity index (χ0v) is 16.0. The Morgan fingerprint density at radius 1 is 1.09 bits per heavy atom. The molecule has 0 aromatic heterocycles. The molecule has 0 spiro atoms. The largest absolute Gasteiger partial charge is 0.279 e. The van der Waals surface area contributed by atoms with E-state index in [-0.39, 0.29) is 4.90 Å². The Bertz CT molecular complexity index is 768. The summed E-state index contributed by atoms with van der Waals surface area (Å²) in [6.45, 7) is 6.29. The first-order valence-electron chi connectivity index (χ1n) is 7.72. The molecule has 5 heteroatoms. The van der Waals surface area contributed by atoms with Crippen LogP contribution in [0.5, 0.6) is 0 Å². The van der Waals surface area contributed by atoms with E-state index in [1.54, 1.807) is 18.2 Å². The summed E-state index contributed by atoms with van der Waals surface area (Å²) >= 11 is 3.41. The van der Waals surface area contributed by atoms with Crippen molar-refractivity contribution in [3.63, 3.8) is 0 Å². The summed E-state index contributed by atoms with van der Waals surface area (Å²) in [6.07, 6.45) is 1.70. The van der Waals surface area contributed by atoms with Crippen LogP contribution in [-0.4, -0.2) is 8.42 Å². The Kier molecular flexibility index (Phi) is 5.87. The van der Waals surface area contributed by atoms with Gasteiger partial charge in [-0.05, 0) is 60.2 Å². The molecule has 0 aliphatic rings. The summed E-state index contributed by atoms with van der Waals surface area (Å²) < 4.78 is 28.8. The molecule has 23 heavy (non-hydrogen) atoms. The summed E-state index contributed by atoms with van der Waals surface area (Å²) in [4.78, 5) is 0.287. The number of aryl methyl sites for hydroxylation is 1. The number of benzene rings is 2. The van der Waals surface area contributed by atoms with Gasteiger partial charge in [-0.2, -0.15) is 0 Å². The normalized spacial score (nSPS) is 11.7. The third-order valence-electron chi connectivity index (χ3n) is 3.57. The molecular formula is C18H22BrNO2S. The van der Waals surface area contributed by atoms with Gasteiger partial charge >= 0.3 is 0 Å². The van der Waals surface area contributed by atoms with Gasteiger partial charge in [0, 0.05) is 4.47 Å². The van der Waals surface area contributed by atoms with E-state index >= 15 is 0 Å². The second kappa shape index (κ2) is 7.49. The minimum atomic E-state index is -3.57. The molecule has 124 valence electrons. The van der Waals surface area contributed by atoms with Crippen molar-refractivity contribution < 1.29 is 8.42 Å². The van der Waals surface area contributed by atoms with Crippen molar-refractivity contribution in [2.24, 2.45) is 5.92 Å². The number of nitrogens with one attached hydrogen (secondary N) is 1. The van der Waals surface area contributed by atoms with Crippen molar-refractivity contribution >= 4 is 31.6 Å². The molecule has 0 fully saturated rings. The summed E-state index contributed by atoms with van der Waals surface area (Å²) in [5, 5.41) is 0. The first kappa shape index (κ1) is 18.0. The van der Waals surface area contributed by atoms with Gasteiger partial charge in [-0.1, -0.05) is 48.8 Å². The fraction of sp³-hybridized carbons (Fsp3) is 0.333. The van der Waals surface area contributed by atoms with Gasteiger partial charge in [0.1, 0.15) is 0 Å². The number of hydrogen-bond acceptors (Lipinski definition) is 2. The highest BCUT2D eigenvalue weighted by Crippen LogP contribution is 2.24. The summed E-state index contributed by atoms with van der Waals surface area (Å²) in [7, 11) is -3.57. The molecule has 0 atom stereocenters. The van der Waals surface area contributed by atoms with Gasteiger partial charge in [-0.3, -0.25) is 4.72 Å². The maximum atomic E-state index is 12.6. The van der Waals surface area contributed by atoms with Gasteiger partial charge in [0.25, 0.3) is 10.0 Å². The molecule has 0 bridgehead atoms. The molecule has 0 saturated heterocycles. The average Bonchev–Trinajstić information content (AvgIpc) is 2.49. The highest BCUT2D eigenvalue weighted by Gasteiger charge is 2.16. The minimum Gasteiger partial charge on any atom is -0.279 e. The standard InChI is InChI=1S/C18H22BrNO2S/c1-4-15-12-16(19)7-10-18(15)20-23(21,22)17-8-5-14(6-9-17)11-13(2)3/h5-10,12-13,20H,4,11H2,1-3H3. The predicted molar refractivity (Wildman–Crippen MR) is 99.3 cm³/mol. The van der Waals surface area contributed by atoms with Gasteiger partial charge in [0.2, 0.25) is 0 Å². The van der Waals surface area contributed by atoms with E-state index in [4.69, 9.17) is 0 Å². The van der Waals surface area contributed by atoms with E-state index in [2.05, 4.69) is 34.5 Å².